The fourth-order valence-corrected chi connectivity index (χ4v) is 3.82. The fourth-order valence-electron chi connectivity index (χ4n) is 3.82. The van der Waals surface area contributed by atoms with Crippen LogP contribution >= 0.6 is 12.4 Å². The lowest BCUT2D eigenvalue weighted by Gasteiger charge is -2.32. The summed E-state index contributed by atoms with van der Waals surface area (Å²) in [5, 5.41) is 12.4. The SMILES string of the molecule is Cl.O=C(CN1C(C(=O)O)CC2CCCCC21)NCC1CC1. The van der Waals surface area contributed by atoms with E-state index in [1.807, 2.05) is 4.90 Å². The van der Waals surface area contributed by atoms with Crippen LogP contribution < -0.4 is 5.32 Å². The average molecular weight is 317 g/mol. The van der Waals surface area contributed by atoms with Gasteiger partial charge in [0.1, 0.15) is 6.04 Å². The number of hydrogen-bond acceptors (Lipinski definition) is 3. The Morgan fingerprint density at radius 3 is 2.52 bits per heavy atom. The molecule has 0 aromatic carbocycles. The Morgan fingerprint density at radius 1 is 1.14 bits per heavy atom. The lowest BCUT2D eigenvalue weighted by atomic mass is 9.85. The molecule has 1 amide bonds. The van der Waals surface area contributed by atoms with Gasteiger partial charge in [-0.2, -0.15) is 0 Å². The monoisotopic (exact) mass is 316 g/mol. The van der Waals surface area contributed by atoms with Crippen molar-refractivity contribution in [2.45, 2.75) is 57.0 Å². The molecule has 1 saturated heterocycles. The maximum Gasteiger partial charge on any atom is 0.320 e. The van der Waals surface area contributed by atoms with Gasteiger partial charge in [-0.3, -0.25) is 14.5 Å². The van der Waals surface area contributed by atoms with Gasteiger partial charge in [0, 0.05) is 12.6 Å². The van der Waals surface area contributed by atoms with Crippen molar-refractivity contribution in [1.29, 1.82) is 0 Å². The van der Waals surface area contributed by atoms with Crippen molar-refractivity contribution in [1.82, 2.24) is 10.2 Å². The number of nitrogens with one attached hydrogen (secondary N) is 1. The Morgan fingerprint density at radius 2 is 1.86 bits per heavy atom. The number of fused-ring (bicyclic) bond motifs is 1. The lowest BCUT2D eigenvalue weighted by Crippen LogP contribution is -2.47. The van der Waals surface area contributed by atoms with Crippen LogP contribution in [0, 0.1) is 11.8 Å². The molecule has 2 N–H and O–H groups in total. The Bertz CT molecular complexity index is 400. The Labute approximate surface area is 131 Å². The molecular weight excluding hydrogens is 292 g/mol. The Kier molecular flexibility index (Phi) is 5.49. The molecule has 0 aromatic heterocycles. The Hall–Kier alpha value is -0.810. The third-order valence-corrected chi connectivity index (χ3v) is 5.12. The van der Waals surface area contributed by atoms with Crippen molar-refractivity contribution < 1.29 is 14.7 Å². The highest BCUT2D eigenvalue weighted by Gasteiger charge is 2.45. The van der Waals surface area contributed by atoms with Crippen molar-refractivity contribution >= 4 is 24.3 Å². The first-order valence-corrected chi connectivity index (χ1v) is 7.90. The predicted molar refractivity (Wildman–Crippen MR) is 81.5 cm³/mol. The van der Waals surface area contributed by atoms with Crippen molar-refractivity contribution in [2.24, 2.45) is 11.8 Å². The van der Waals surface area contributed by atoms with E-state index in [4.69, 9.17) is 0 Å². The van der Waals surface area contributed by atoms with Crippen LogP contribution in [0.25, 0.3) is 0 Å². The first kappa shape index (κ1) is 16.6. The zero-order chi connectivity index (χ0) is 14.1. The van der Waals surface area contributed by atoms with E-state index in [9.17, 15) is 14.7 Å². The zero-order valence-corrected chi connectivity index (χ0v) is 13.1. The molecule has 1 heterocycles. The summed E-state index contributed by atoms with van der Waals surface area (Å²) >= 11 is 0. The third kappa shape index (κ3) is 3.89. The summed E-state index contributed by atoms with van der Waals surface area (Å²) in [6.07, 6.45) is 7.68. The number of likely N-dealkylation sites (tertiary alicyclic amines) is 1. The maximum atomic E-state index is 12.0. The Balaban J connectivity index is 0.00000161. The van der Waals surface area contributed by atoms with E-state index < -0.39 is 12.0 Å². The molecule has 0 bridgehead atoms. The molecule has 3 atom stereocenters. The summed E-state index contributed by atoms with van der Waals surface area (Å²) in [5.74, 6) is 0.361. The molecule has 2 aliphatic carbocycles. The van der Waals surface area contributed by atoms with Crippen LogP contribution in [0.5, 0.6) is 0 Å². The number of halogens is 1. The molecule has 120 valence electrons. The lowest BCUT2D eigenvalue weighted by molar-refractivity contribution is -0.143. The number of aliphatic carboxylic acids is 1. The van der Waals surface area contributed by atoms with Gasteiger partial charge in [-0.05, 0) is 43.9 Å². The molecule has 21 heavy (non-hydrogen) atoms. The van der Waals surface area contributed by atoms with E-state index in [0.717, 1.165) is 32.2 Å². The number of carboxylic acid groups (broad SMARTS) is 1. The molecule has 2 saturated carbocycles. The number of carbonyl (C=O) groups is 2. The van der Waals surface area contributed by atoms with Gasteiger partial charge in [-0.25, -0.2) is 0 Å². The highest BCUT2D eigenvalue weighted by atomic mass is 35.5. The standard InChI is InChI=1S/C15H24N2O3.ClH/c18-14(16-8-10-5-6-10)9-17-12-4-2-1-3-11(12)7-13(17)15(19)20;/h10-13H,1-9H2,(H,16,18)(H,19,20);1H. The summed E-state index contributed by atoms with van der Waals surface area (Å²) in [6.45, 7) is 1.02. The third-order valence-electron chi connectivity index (χ3n) is 5.12. The number of carbonyl (C=O) groups excluding carboxylic acids is 1. The second-order valence-corrected chi connectivity index (χ2v) is 6.62. The number of rotatable bonds is 5. The maximum absolute atomic E-state index is 12.0. The second kappa shape index (κ2) is 6.97. The summed E-state index contributed by atoms with van der Waals surface area (Å²) in [6, 6.07) is -0.161. The van der Waals surface area contributed by atoms with Crippen LogP contribution in [-0.2, 0) is 9.59 Å². The molecule has 3 unspecified atom stereocenters. The molecule has 3 fully saturated rings. The van der Waals surface area contributed by atoms with Gasteiger partial charge in [0.25, 0.3) is 0 Å². The van der Waals surface area contributed by atoms with E-state index in [1.54, 1.807) is 0 Å². The van der Waals surface area contributed by atoms with Crippen LogP contribution in [0.4, 0.5) is 0 Å². The number of amides is 1. The molecule has 6 heteroatoms. The summed E-state index contributed by atoms with van der Waals surface area (Å²) in [5.41, 5.74) is 0. The number of nitrogens with zero attached hydrogens (tertiary/aromatic N) is 1. The van der Waals surface area contributed by atoms with Gasteiger partial charge in [0.2, 0.25) is 5.91 Å². The molecule has 3 aliphatic rings. The van der Waals surface area contributed by atoms with Crippen LogP contribution in [0.15, 0.2) is 0 Å². The van der Waals surface area contributed by atoms with Crippen LogP contribution in [-0.4, -0.2) is 47.1 Å². The topological polar surface area (TPSA) is 69.6 Å². The first-order valence-electron chi connectivity index (χ1n) is 7.90. The van der Waals surface area contributed by atoms with E-state index in [2.05, 4.69) is 5.32 Å². The molecule has 0 spiro atoms. The molecule has 0 aromatic rings. The quantitative estimate of drug-likeness (QED) is 0.809. The minimum atomic E-state index is -0.769. The van der Waals surface area contributed by atoms with Gasteiger partial charge in [0.15, 0.2) is 0 Å². The highest BCUT2D eigenvalue weighted by Crippen LogP contribution is 2.39. The van der Waals surface area contributed by atoms with Gasteiger partial charge < -0.3 is 10.4 Å². The smallest absolute Gasteiger partial charge is 0.320 e. The zero-order valence-electron chi connectivity index (χ0n) is 12.3. The first-order chi connectivity index (χ1) is 9.65. The molecule has 5 nitrogen and oxygen atoms in total. The highest BCUT2D eigenvalue weighted by molar-refractivity contribution is 5.85. The summed E-state index contributed by atoms with van der Waals surface area (Å²) < 4.78 is 0. The predicted octanol–water partition coefficient (Wildman–Crippen LogP) is 1.65. The molecule has 0 radical (unpaired) electrons. The summed E-state index contributed by atoms with van der Waals surface area (Å²) in [4.78, 5) is 25.4. The second-order valence-electron chi connectivity index (χ2n) is 6.62. The van der Waals surface area contributed by atoms with Gasteiger partial charge >= 0.3 is 5.97 Å². The van der Waals surface area contributed by atoms with Crippen LogP contribution in [0.3, 0.4) is 0 Å². The van der Waals surface area contributed by atoms with Crippen molar-refractivity contribution in [3.63, 3.8) is 0 Å². The molecular formula is C15H25ClN2O3. The van der Waals surface area contributed by atoms with Crippen molar-refractivity contribution in [3.8, 4) is 0 Å². The molecule has 3 rings (SSSR count). The minimum absolute atomic E-state index is 0. The van der Waals surface area contributed by atoms with E-state index in [-0.39, 0.29) is 24.9 Å². The van der Waals surface area contributed by atoms with Gasteiger partial charge in [-0.15, -0.1) is 12.4 Å². The average Bonchev–Trinajstić information content (AvgIpc) is 3.19. The van der Waals surface area contributed by atoms with E-state index in [1.165, 1.54) is 19.3 Å². The summed E-state index contributed by atoms with van der Waals surface area (Å²) in [7, 11) is 0. The van der Waals surface area contributed by atoms with E-state index >= 15 is 0 Å². The largest absolute Gasteiger partial charge is 0.480 e. The van der Waals surface area contributed by atoms with Gasteiger partial charge in [0.05, 0.1) is 6.54 Å². The fraction of sp³-hybridized carbons (Fsp3) is 0.867. The van der Waals surface area contributed by atoms with Gasteiger partial charge in [-0.1, -0.05) is 12.8 Å². The minimum Gasteiger partial charge on any atom is -0.480 e. The van der Waals surface area contributed by atoms with E-state index in [0.29, 0.717) is 17.9 Å². The number of hydrogen-bond donors (Lipinski definition) is 2. The van der Waals surface area contributed by atoms with Crippen LogP contribution in [0.1, 0.15) is 44.9 Å². The normalized spacial score (nSPS) is 32.1. The van der Waals surface area contributed by atoms with Crippen molar-refractivity contribution in [2.75, 3.05) is 13.1 Å². The molecule has 1 aliphatic heterocycles. The number of carboxylic acids is 1. The van der Waals surface area contributed by atoms with Crippen LogP contribution in [0.2, 0.25) is 0 Å². The van der Waals surface area contributed by atoms with Crippen molar-refractivity contribution in [3.05, 3.63) is 0 Å².